The van der Waals surface area contributed by atoms with Crippen LogP contribution in [0.3, 0.4) is 0 Å². The summed E-state index contributed by atoms with van der Waals surface area (Å²) >= 11 is 1.09. The van der Waals surface area contributed by atoms with Crippen LogP contribution in [0.15, 0.2) is 63.1 Å². The van der Waals surface area contributed by atoms with Gasteiger partial charge in [-0.15, -0.1) is 10.2 Å². The molecule has 0 radical (unpaired) electrons. The lowest BCUT2D eigenvalue weighted by Crippen LogP contribution is -2.30. The highest BCUT2D eigenvalue weighted by atomic mass is 32.2. The molecule has 1 aromatic heterocycles. The van der Waals surface area contributed by atoms with Crippen LogP contribution >= 0.6 is 11.8 Å². The summed E-state index contributed by atoms with van der Waals surface area (Å²) in [6, 6.07) is 13.4. The number of hydrogen-bond acceptors (Lipinski definition) is 8. The molecule has 3 aromatic rings. The van der Waals surface area contributed by atoms with E-state index < -0.39 is 10.0 Å². The first kappa shape index (κ1) is 23.8. The van der Waals surface area contributed by atoms with Crippen molar-refractivity contribution in [3.8, 4) is 17.2 Å². The largest absolute Gasteiger partial charge is 0.497 e. The lowest BCUT2D eigenvalue weighted by molar-refractivity contribution is -0.113. The van der Waals surface area contributed by atoms with E-state index in [1.54, 1.807) is 57.4 Å². The van der Waals surface area contributed by atoms with Gasteiger partial charge in [-0.1, -0.05) is 37.7 Å². The van der Waals surface area contributed by atoms with Crippen molar-refractivity contribution in [3.63, 3.8) is 0 Å². The Labute approximate surface area is 191 Å². The molecule has 0 atom stereocenters. The third-order valence-corrected chi connectivity index (χ3v) is 7.38. The van der Waals surface area contributed by atoms with Crippen LogP contribution < -0.4 is 10.1 Å². The van der Waals surface area contributed by atoms with Gasteiger partial charge in [-0.25, -0.2) is 8.42 Å². The van der Waals surface area contributed by atoms with Gasteiger partial charge >= 0.3 is 0 Å². The summed E-state index contributed by atoms with van der Waals surface area (Å²) in [4.78, 5) is 12.4. The summed E-state index contributed by atoms with van der Waals surface area (Å²) in [6.07, 6.45) is 0. The maximum atomic E-state index is 12.8. The molecular formula is C21H24N4O5S2. The van der Waals surface area contributed by atoms with Gasteiger partial charge in [0.1, 0.15) is 5.75 Å². The van der Waals surface area contributed by atoms with E-state index in [-0.39, 0.29) is 27.7 Å². The Kier molecular flexibility index (Phi) is 7.89. The highest BCUT2D eigenvalue weighted by Crippen LogP contribution is 2.26. The number of benzene rings is 2. The SMILES string of the molecule is CCN(CC)S(=O)(=O)c1cccc(-c2nnc(SCC(=O)Nc3cccc(OC)c3)o2)c1. The molecule has 0 saturated carbocycles. The highest BCUT2D eigenvalue weighted by molar-refractivity contribution is 7.99. The quantitative estimate of drug-likeness (QED) is 0.442. The van der Waals surface area contributed by atoms with Crippen LogP contribution in [0.2, 0.25) is 0 Å². The number of methoxy groups -OCH3 is 1. The van der Waals surface area contributed by atoms with Gasteiger partial charge in [0.25, 0.3) is 5.22 Å². The minimum atomic E-state index is -3.60. The lowest BCUT2D eigenvalue weighted by Gasteiger charge is -2.18. The second-order valence-corrected chi connectivity index (χ2v) is 9.42. The summed E-state index contributed by atoms with van der Waals surface area (Å²) in [7, 11) is -2.05. The van der Waals surface area contributed by atoms with E-state index in [0.29, 0.717) is 30.1 Å². The van der Waals surface area contributed by atoms with Crippen LogP contribution in [-0.2, 0) is 14.8 Å². The van der Waals surface area contributed by atoms with Crippen molar-refractivity contribution in [2.45, 2.75) is 24.0 Å². The molecule has 170 valence electrons. The molecule has 3 rings (SSSR count). The molecule has 0 saturated heterocycles. The number of ether oxygens (including phenoxy) is 1. The van der Waals surface area contributed by atoms with E-state index in [4.69, 9.17) is 9.15 Å². The Hall–Kier alpha value is -2.89. The van der Waals surface area contributed by atoms with Gasteiger partial charge in [-0.05, 0) is 30.3 Å². The predicted molar refractivity (Wildman–Crippen MR) is 122 cm³/mol. The fraction of sp³-hybridized carbons (Fsp3) is 0.286. The molecular weight excluding hydrogens is 452 g/mol. The van der Waals surface area contributed by atoms with Crippen molar-refractivity contribution in [1.82, 2.24) is 14.5 Å². The van der Waals surface area contributed by atoms with Crippen molar-refractivity contribution in [2.75, 3.05) is 31.3 Å². The van der Waals surface area contributed by atoms with E-state index in [1.807, 2.05) is 0 Å². The van der Waals surface area contributed by atoms with Crippen LogP contribution in [0.25, 0.3) is 11.5 Å². The van der Waals surface area contributed by atoms with E-state index >= 15 is 0 Å². The number of carbonyl (C=O) groups is 1. The maximum Gasteiger partial charge on any atom is 0.277 e. The molecule has 0 aliphatic carbocycles. The summed E-state index contributed by atoms with van der Waals surface area (Å²) in [6.45, 7) is 4.33. The second-order valence-electron chi connectivity index (χ2n) is 6.56. The standard InChI is InChI=1S/C21H24N4O5S2/c1-4-25(5-2)32(27,28)18-11-6-8-15(12-18)20-23-24-21(30-20)31-14-19(26)22-16-9-7-10-17(13-16)29-3/h6-13H,4-5,14H2,1-3H3,(H,22,26). The molecule has 1 amide bonds. The predicted octanol–water partition coefficient (Wildman–Crippen LogP) is 3.51. The highest BCUT2D eigenvalue weighted by Gasteiger charge is 2.22. The summed E-state index contributed by atoms with van der Waals surface area (Å²) < 4.78 is 37.6. The summed E-state index contributed by atoms with van der Waals surface area (Å²) in [5, 5.41) is 10.9. The Morgan fingerprint density at radius 3 is 2.59 bits per heavy atom. The van der Waals surface area contributed by atoms with E-state index in [0.717, 1.165) is 11.8 Å². The average Bonchev–Trinajstić information content (AvgIpc) is 3.28. The number of thioether (sulfide) groups is 1. The number of anilines is 1. The topological polar surface area (TPSA) is 115 Å². The van der Waals surface area contributed by atoms with E-state index in [9.17, 15) is 13.2 Å². The summed E-state index contributed by atoms with van der Waals surface area (Å²) in [5.74, 6) is 0.643. The third-order valence-electron chi connectivity index (χ3n) is 4.51. The Bertz CT molecular complexity index is 1180. The first-order valence-corrected chi connectivity index (χ1v) is 12.3. The molecule has 0 aliphatic rings. The van der Waals surface area contributed by atoms with Crippen molar-refractivity contribution in [1.29, 1.82) is 0 Å². The fourth-order valence-electron chi connectivity index (χ4n) is 2.91. The Balaban J connectivity index is 1.66. The monoisotopic (exact) mass is 476 g/mol. The first-order valence-electron chi connectivity index (χ1n) is 9.88. The van der Waals surface area contributed by atoms with Crippen molar-refractivity contribution >= 4 is 33.4 Å². The third kappa shape index (κ3) is 5.67. The lowest BCUT2D eigenvalue weighted by atomic mass is 10.2. The van der Waals surface area contributed by atoms with Gasteiger partial charge in [0, 0.05) is 30.4 Å². The van der Waals surface area contributed by atoms with Crippen LogP contribution in [0.4, 0.5) is 5.69 Å². The maximum absolute atomic E-state index is 12.8. The first-order chi connectivity index (χ1) is 15.4. The molecule has 2 aromatic carbocycles. The Morgan fingerprint density at radius 1 is 1.12 bits per heavy atom. The number of nitrogens with one attached hydrogen (secondary N) is 1. The number of sulfonamides is 1. The van der Waals surface area contributed by atoms with Crippen LogP contribution in [0.1, 0.15) is 13.8 Å². The minimum absolute atomic E-state index is 0.0647. The molecule has 0 fully saturated rings. The fourth-order valence-corrected chi connectivity index (χ4v) is 4.98. The van der Waals surface area contributed by atoms with Gasteiger partial charge in [0.2, 0.25) is 21.8 Å². The number of amides is 1. The zero-order chi connectivity index (χ0) is 23.1. The zero-order valence-corrected chi connectivity index (χ0v) is 19.6. The van der Waals surface area contributed by atoms with Crippen molar-refractivity contribution < 1.29 is 22.4 Å². The van der Waals surface area contributed by atoms with Gasteiger partial charge in [0.15, 0.2) is 0 Å². The van der Waals surface area contributed by atoms with Crippen molar-refractivity contribution in [2.24, 2.45) is 0 Å². The molecule has 0 spiro atoms. The van der Waals surface area contributed by atoms with E-state index in [1.165, 1.54) is 16.4 Å². The molecule has 11 heteroatoms. The average molecular weight is 477 g/mol. The van der Waals surface area contributed by atoms with Gasteiger partial charge in [-0.3, -0.25) is 4.79 Å². The molecule has 1 heterocycles. The van der Waals surface area contributed by atoms with E-state index in [2.05, 4.69) is 15.5 Å². The summed E-state index contributed by atoms with van der Waals surface area (Å²) in [5.41, 5.74) is 1.10. The van der Waals surface area contributed by atoms with Crippen LogP contribution in [0, 0.1) is 0 Å². The molecule has 1 N–H and O–H groups in total. The van der Waals surface area contributed by atoms with Gasteiger partial charge in [-0.2, -0.15) is 4.31 Å². The number of hydrogen-bond donors (Lipinski definition) is 1. The molecule has 0 aliphatic heterocycles. The molecule has 0 unspecified atom stereocenters. The molecule has 9 nitrogen and oxygen atoms in total. The minimum Gasteiger partial charge on any atom is -0.497 e. The van der Waals surface area contributed by atoms with Crippen molar-refractivity contribution in [3.05, 3.63) is 48.5 Å². The number of rotatable bonds is 10. The molecule has 0 bridgehead atoms. The van der Waals surface area contributed by atoms with Crippen LogP contribution in [-0.4, -0.2) is 54.8 Å². The molecule has 32 heavy (non-hydrogen) atoms. The number of aromatic nitrogens is 2. The smallest absolute Gasteiger partial charge is 0.277 e. The number of nitrogens with zero attached hydrogens (tertiary/aromatic N) is 3. The zero-order valence-electron chi connectivity index (χ0n) is 17.9. The Morgan fingerprint density at radius 2 is 1.88 bits per heavy atom. The normalized spacial score (nSPS) is 11.5. The van der Waals surface area contributed by atoms with Crippen LogP contribution in [0.5, 0.6) is 5.75 Å². The van der Waals surface area contributed by atoms with Gasteiger partial charge < -0.3 is 14.5 Å². The second kappa shape index (κ2) is 10.6. The van der Waals surface area contributed by atoms with Gasteiger partial charge in [0.05, 0.1) is 17.8 Å². The number of carbonyl (C=O) groups excluding carboxylic acids is 1.